The van der Waals surface area contributed by atoms with Gasteiger partial charge in [-0.05, 0) is 6.92 Å². The van der Waals surface area contributed by atoms with Crippen molar-refractivity contribution in [2.45, 2.75) is 13.0 Å². The molecule has 2 rings (SSSR count). The molecule has 16 heavy (non-hydrogen) atoms. The van der Waals surface area contributed by atoms with Gasteiger partial charge in [-0.25, -0.2) is 5.43 Å². The minimum Gasteiger partial charge on any atom is -0.275 e. The SMILES string of the molecule is Cc1nn(C)cc1C(NN)c1cnn(C)c1. The number of nitrogens with two attached hydrogens (primary N) is 1. The largest absolute Gasteiger partial charge is 0.275 e. The first-order valence-corrected chi connectivity index (χ1v) is 5.06. The van der Waals surface area contributed by atoms with E-state index < -0.39 is 0 Å². The summed E-state index contributed by atoms with van der Waals surface area (Å²) < 4.78 is 3.54. The van der Waals surface area contributed by atoms with Crippen molar-refractivity contribution in [3.8, 4) is 0 Å². The molecule has 0 aromatic carbocycles. The molecule has 2 aromatic rings. The predicted molar refractivity (Wildman–Crippen MR) is 60.3 cm³/mol. The molecule has 3 N–H and O–H groups in total. The van der Waals surface area contributed by atoms with E-state index in [1.165, 1.54) is 0 Å². The van der Waals surface area contributed by atoms with E-state index in [4.69, 9.17) is 5.84 Å². The molecule has 86 valence electrons. The summed E-state index contributed by atoms with van der Waals surface area (Å²) in [4.78, 5) is 0. The van der Waals surface area contributed by atoms with E-state index in [1.54, 1.807) is 15.6 Å². The maximum absolute atomic E-state index is 5.60. The Morgan fingerprint density at radius 3 is 2.50 bits per heavy atom. The molecule has 2 aromatic heterocycles. The lowest BCUT2D eigenvalue weighted by molar-refractivity contribution is 0.632. The fraction of sp³-hybridized carbons (Fsp3) is 0.400. The second kappa shape index (κ2) is 4.07. The molecule has 0 fully saturated rings. The normalized spacial score (nSPS) is 13.0. The van der Waals surface area contributed by atoms with Gasteiger partial charge in [-0.3, -0.25) is 15.2 Å². The number of nitrogens with zero attached hydrogens (tertiary/aromatic N) is 4. The molecule has 1 atom stereocenters. The highest BCUT2D eigenvalue weighted by atomic mass is 15.3. The number of hydrogen-bond donors (Lipinski definition) is 2. The quantitative estimate of drug-likeness (QED) is 0.564. The van der Waals surface area contributed by atoms with Crippen molar-refractivity contribution >= 4 is 0 Å². The number of aryl methyl sites for hydroxylation is 3. The predicted octanol–water partition coefficient (Wildman–Crippen LogP) is 0.0147. The van der Waals surface area contributed by atoms with E-state index in [0.29, 0.717) is 0 Å². The van der Waals surface area contributed by atoms with Crippen LogP contribution in [-0.2, 0) is 14.1 Å². The molecule has 0 aliphatic carbocycles. The van der Waals surface area contributed by atoms with Crippen molar-refractivity contribution in [3.05, 3.63) is 35.4 Å². The summed E-state index contributed by atoms with van der Waals surface area (Å²) in [5.41, 5.74) is 5.86. The van der Waals surface area contributed by atoms with Gasteiger partial charge in [0.1, 0.15) is 0 Å². The average molecular weight is 220 g/mol. The third kappa shape index (κ3) is 1.84. The van der Waals surface area contributed by atoms with Crippen LogP contribution in [0.4, 0.5) is 0 Å². The van der Waals surface area contributed by atoms with Gasteiger partial charge >= 0.3 is 0 Å². The first kappa shape index (κ1) is 10.8. The maximum Gasteiger partial charge on any atom is 0.0774 e. The Hall–Kier alpha value is -1.66. The van der Waals surface area contributed by atoms with Gasteiger partial charge in [0, 0.05) is 37.6 Å². The van der Waals surface area contributed by atoms with Gasteiger partial charge in [-0.15, -0.1) is 0 Å². The average Bonchev–Trinajstić information content (AvgIpc) is 2.76. The zero-order valence-electron chi connectivity index (χ0n) is 9.68. The summed E-state index contributed by atoms with van der Waals surface area (Å²) in [6.45, 7) is 1.97. The first-order valence-electron chi connectivity index (χ1n) is 5.06. The third-order valence-corrected chi connectivity index (χ3v) is 2.59. The van der Waals surface area contributed by atoms with E-state index >= 15 is 0 Å². The van der Waals surface area contributed by atoms with Crippen LogP contribution in [0, 0.1) is 6.92 Å². The number of rotatable bonds is 3. The van der Waals surface area contributed by atoms with Crippen LogP contribution < -0.4 is 11.3 Å². The van der Waals surface area contributed by atoms with E-state index in [1.807, 2.05) is 33.4 Å². The van der Waals surface area contributed by atoms with Crippen LogP contribution in [0.15, 0.2) is 18.6 Å². The van der Waals surface area contributed by atoms with Crippen molar-refractivity contribution in [2.75, 3.05) is 0 Å². The monoisotopic (exact) mass is 220 g/mol. The van der Waals surface area contributed by atoms with Crippen molar-refractivity contribution in [2.24, 2.45) is 19.9 Å². The van der Waals surface area contributed by atoms with E-state index in [2.05, 4.69) is 15.6 Å². The zero-order valence-corrected chi connectivity index (χ0v) is 9.68. The second-order valence-electron chi connectivity index (χ2n) is 3.89. The lowest BCUT2D eigenvalue weighted by atomic mass is 10.0. The molecule has 6 nitrogen and oxygen atoms in total. The second-order valence-corrected chi connectivity index (χ2v) is 3.89. The molecule has 6 heteroatoms. The van der Waals surface area contributed by atoms with Crippen LogP contribution in [0.1, 0.15) is 22.9 Å². The van der Waals surface area contributed by atoms with Crippen LogP contribution in [0.25, 0.3) is 0 Å². The molecule has 0 bridgehead atoms. The lowest BCUT2D eigenvalue weighted by Gasteiger charge is -2.12. The van der Waals surface area contributed by atoms with E-state index in [-0.39, 0.29) is 6.04 Å². The number of aromatic nitrogens is 4. The van der Waals surface area contributed by atoms with E-state index in [9.17, 15) is 0 Å². The molecular weight excluding hydrogens is 204 g/mol. The minimum absolute atomic E-state index is 0.0672. The number of hydrazine groups is 1. The summed E-state index contributed by atoms with van der Waals surface area (Å²) in [5, 5.41) is 8.45. The summed E-state index contributed by atoms with van der Waals surface area (Å²) in [6, 6.07) is -0.0672. The number of hydrogen-bond acceptors (Lipinski definition) is 4. The van der Waals surface area contributed by atoms with Gasteiger partial charge in [-0.1, -0.05) is 0 Å². The Bertz CT molecular complexity index is 483. The van der Waals surface area contributed by atoms with Gasteiger partial charge in [0.05, 0.1) is 17.9 Å². The van der Waals surface area contributed by atoms with Crippen molar-refractivity contribution in [3.63, 3.8) is 0 Å². The highest BCUT2D eigenvalue weighted by Crippen LogP contribution is 2.22. The van der Waals surface area contributed by atoms with Crippen LogP contribution in [0.2, 0.25) is 0 Å². The van der Waals surface area contributed by atoms with E-state index in [0.717, 1.165) is 16.8 Å². The Balaban J connectivity index is 2.40. The van der Waals surface area contributed by atoms with Gasteiger partial charge in [0.2, 0.25) is 0 Å². The smallest absolute Gasteiger partial charge is 0.0774 e. The van der Waals surface area contributed by atoms with Gasteiger partial charge in [-0.2, -0.15) is 10.2 Å². The molecule has 0 aliphatic rings. The fourth-order valence-corrected chi connectivity index (χ4v) is 1.86. The molecule has 0 saturated heterocycles. The minimum atomic E-state index is -0.0672. The maximum atomic E-state index is 5.60. The van der Waals surface area contributed by atoms with Crippen molar-refractivity contribution in [1.29, 1.82) is 0 Å². The van der Waals surface area contributed by atoms with Crippen LogP contribution in [0.3, 0.4) is 0 Å². The number of nitrogens with one attached hydrogen (secondary N) is 1. The zero-order chi connectivity index (χ0) is 11.7. The molecule has 2 heterocycles. The summed E-state index contributed by atoms with van der Waals surface area (Å²) in [7, 11) is 3.78. The van der Waals surface area contributed by atoms with Gasteiger partial charge < -0.3 is 0 Å². The van der Waals surface area contributed by atoms with Crippen LogP contribution >= 0.6 is 0 Å². The van der Waals surface area contributed by atoms with Crippen LogP contribution in [0.5, 0.6) is 0 Å². The highest BCUT2D eigenvalue weighted by molar-refractivity contribution is 5.29. The Morgan fingerprint density at radius 1 is 1.31 bits per heavy atom. The van der Waals surface area contributed by atoms with Crippen molar-refractivity contribution in [1.82, 2.24) is 25.0 Å². The Kier molecular flexibility index (Phi) is 2.76. The Morgan fingerprint density at radius 2 is 2.06 bits per heavy atom. The Labute approximate surface area is 94.0 Å². The molecule has 0 saturated carbocycles. The third-order valence-electron chi connectivity index (χ3n) is 2.59. The van der Waals surface area contributed by atoms with Gasteiger partial charge in [0.15, 0.2) is 0 Å². The molecule has 1 unspecified atom stereocenters. The topological polar surface area (TPSA) is 73.7 Å². The van der Waals surface area contributed by atoms with Crippen LogP contribution in [-0.4, -0.2) is 19.6 Å². The highest BCUT2D eigenvalue weighted by Gasteiger charge is 2.18. The molecule has 0 spiro atoms. The molecule has 0 radical (unpaired) electrons. The molecule has 0 aliphatic heterocycles. The standard InChI is InChI=1S/C10H16N6/c1-7-9(6-16(3)14-7)10(13-11)8-4-12-15(2)5-8/h4-6,10,13H,11H2,1-3H3. The molecular formula is C10H16N6. The summed E-state index contributed by atoms with van der Waals surface area (Å²) in [5.74, 6) is 5.60. The fourth-order valence-electron chi connectivity index (χ4n) is 1.86. The van der Waals surface area contributed by atoms with Gasteiger partial charge in [0.25, 0.3) is 0 Å². The molecule has 0 amide bonds. The summed E-state index contributed by atoms with van der Waals surface area (Å²) >= 11 is 0. The lowest BCUT2D eigenvalue weighted by Crippen LogP contribution is -2.28. The first-order chi connectivity index (χ1) is 7.61. The van der Waals surface area contributed by atoms with Crippen molar-refractivity contribution < 1.29 is 0 Å². The summed E-state index contributed by atoms with van der Waals surface area (Å²) in [6.07, 6.45) is 5.71.